The van der Waals surface area contributed by atoms with Gasteiger partial charge >= 0.3 is 0 Å². The Labute approximate surface area is 119 Å². The highest BCUT2D eigenvalue weighted by molar-refractivity contribution is 6.31. The van der Waals surface area contributed by atoms with Gasteiger partial charge in [0.05, 0.1) is 11.9 Å². The van der Waals surface area contributed by atoms with Crippen molar-refractivity contribution in [3.8, 4) is 5.69 Å². The molecule has 3 nitrogen and oxygen atoms in total. The smallest absolute Gasteiger partial charge is 0.0663 e. The normalized spacial score (nSPS) is 11.3. The first-order valence-electron chi connectivity index (χ1n) is 6.52. The Balaban J connectivity index is 2.28. The Bertz CT molecular complexity index is 573. The number of halogens is 1. The highest BCUT2D eigenvalue weighted by Crippen LogP contribution is 2.21. The van der Waals surface area contributed by atoms with Gasteiger partial charge in [-0.2, -0.15) is 5.10 Å². The first-order chi connectivity index (χ1) is 8.99. The standard InChI is InChI=1S/C15H20ClN3/c1-10(2)17-8-13-9-18-19(12(13)4)14-6-5-11(3)15(16)7-14/h5-7,9-10,17H,8H2,1-4H3. The SMILES string of the molecule is Cc1ccc(-n2ncc(CNC(C)C)c2C)cc1Cl. The van der Waals surface area contributed by atoms with Crippen LogP contribution in [-0.4, -0.2) is 15.8 Å². The topological polar surface area (TPSA) is 29.9 Å². The monoisotopic (exact) mass is 277 g/mol. The van der Waals surface area contributed by atoms with E-state index >= 15 is 0 Å². The van der Waals surface area contributed by atoms with Gasteiger partial charge in [0.2, 0.25) is 0 Å². The first kappa shape index (κ1) is 14.1. The van der Waals surface area contributed by atoms with Crippen molar-refractivity contribution in [1.29, 1.82) is 0 Å². The molecule has 0 unspecified atom stereocenters. The molecule has 19 heavy (non-hydrogen) atoms. The minimum atomic E-state index is 0.469. The van der Waals surface area contributed by atoms with E-state index in [0.29, 0.717) is 6.04 Å². The van der Waals surface area contributed by atoms with E-state index < -0.39 is 0 Å². The van der Waals surface area contributed by atoms with Crippen LogP contribution in [0, 0.1) is 13.8 Å². The predicted molar refractivity (Wildman–Crippen MR) is 80.0 cm³/mol. The fourth-order valence-corrected chi connectivity index (χ4v) is 2.08. The van der Waals surface area contributed by atoms with Gasteiger partial charge in [0, 0.05) is 28.9 Å². The molecule has 4 heteroatoms. The fourth-order valence-electron chi connectivity index (χ4n) is 1.90. The van der Waals surface area contributed by atoms with Crippen LogP contribution in [0.5, 0.6) is 0 Å². The molecule has 0 aliphatic rings. The zero-order chi connectivity index (χ0) is 14.0. The summed E-state index contributed by atoms with van der Waals surface area (Å²) >= 11 is 6.17. The predicted octanol–water partition coefficient (Wildman–Crippen LogP) is 3.64. The molecule has 0 radical (unpaired) electrons. The van der Waals surface area contributed by atoms with Crippen molar-refractivity contribution in [1.82, 2.24) is 15.1 Å². The van der Waals surface area contributed by atoms with Crippen LogP contribution in [0.1, 0.15) is 30.7 Å². The molecule has 1 N–H and O–H groups in total. The molecule has 0 saturated carbocycles. The summed E-state index contributed by atoms with van der Waals surface area (Å²) in [5.41, 5.74) is 4.44. The lowest BCUT2D eigenvalue weighted by Crippen LogP contribution is -2.22. The van der Waals surface area contributed by atoms with Crippen molar-refractivity contribution in [3.05, 3.63) is 46.2 Å². The van der Waals surface area contributed by atoms with Crippen LogP contribution in [0.25, 0.3) is 5.69 Å². The van der Waals surface area contributed by atoms with Crippen molar-refractivity contribution >= 4 is 11.6 Å². The number of aromatic nitrogens is 2. The second-order valence-corrected chi connectivity index (χ2v) is 5.54. The van der Waals surface area contributed by atoms with Gasteiger partial charge in [0.15, 0.2) is 0 Å². The summed E-state index contributed by atoms with van der Waals surface area (Å²) in [7, 11) is 0. The molecule has 0 spiro atoms. The van der Waals surface area contributed by atoms with Crippen LogP contribution >= 0.6 is 11.6 Å². The second-order valence-electron chi connectivity index (χ2n) is 5.14. The van der Waals surface area contributed by atoms with Crippen molar-refractivity contribution in [3.63, 3.8) is 0 Å². The van der Waals surface area contributed by atoms with Gasteiger partial charge in [0.25, 0.3) is 0 Å². The summed E-state index contributed by atoms with van der Waals surface area (Å²) in [5.74, 6) is 0. The lowest BCUT2D eigenvalue weighted by Gasteiger charge is -2.09. The van der Waals surface area contributed by atoms with Crippen molar-refractivity contribution in [2.45, 2.75) is 40.3 Å². The molecule has 0 bridgehead atoms. The van der Waals surface area contributed by atoms with Gasteiger partial charge in [-0.3, -0.25) is 0 Å². The van der Waals surface area contributed by atoms with Gasteiger partial charge in [-0.15, -0.1) is 0 Å². The zero-order valence-corrected chi connectivity index (χ0v) is 12.6. The first-order valence-corrected chi connectivity index (χ1v) is 6.90. The van der Waals surface area contributed by atoms with E-state index in [1.807, 2.05) is 36.0 Å². The summed E-state index contributed by atoms with van der Waals surface area (Å²) in [6.45, 7) is 9.19. The lowest BCUT2D eigenvalue weighted by atomic mass is 10.2. The third-order valence-electron chi connectivity index (χ3n) is 3.21. The summed E-state index contributed by atoms with van der Waals surface area (Å²) in [4.78, 5) is 0. The van der Waals surface area contributed by atoms with Crippen LogP contribution in [0.3, 0.4) is 0 Å². The van der Waals surface area contributed by atoms with Crippen LogP contribution < -0.4 is 5.32 Å². The Hall–Kier alpha value is -1.32. The fraction of sp³-hybridized carbons (Fsp3) is 0.400. The number of nitrogens with one attached hydrogen (secondary N) is 1. The van der Waals surface area contributed by atoms with E-state index in [0.717, 1.165) is 28.5 Å². The molecule has 0 saturated heterocycles. The summed E-state index contributed by atoms with van der Waals surface area (Å²) in [5, 5.41) is 8.63. The average Bonchev–Trinajstić information content (AvgIpc) is 2.72. The minimum Gasteiger partial charge on any atom is -0.310 e. The molecule has 0 amide bonds. The van der Waals surface area contributed by atoms with Crippen LogP contribution in [0.15, 0.2) is 24.4 Å². The zero-order valence-electron chi connectivity index (χ0n) is 11.9. The van der Waals surface area contributed by atoms with Crippen molar-refractivity contribution in [2.24, 2.45) is 0 Å². The second kappa shape index (κ2) is 5.76. The molecule has 1 aromatic heterocycles. The maximum absolute atomic E-state index is 6.17. The van der Waals surface area contributed by atoms with Gasteiger partial charge in [-0.1, -0.05) is 31.5 Å². The van der Waals surface area contributed by atoms with Gasteiger partial charge < -0.3 is 5.32 Å². The molecule has 0 atom stereocenters. The molecule has 0 fully saturated rings. The average molecular weight is 278 g/mol. The highest BCUT2D eigenvalue weighted by Gasteiger charge is 2.09. The van der Waals surface area contributed by atoms with Crippen molar-refractivity contribution < 1.29 is 0 Å². The van der Waals surface area contributed by atoms with Crippen LogP contribution in [0.4, 0.5) is 0 Å². The third-order valence-corrected chi connectivity index (χ3v) is 3.62. The van der Waals surface area contributed by atoms with E-state index in [1.54, 1.807) is 0 Å². The maximum Gasteiger partial charge on any atom is 0.0663 e. The number of hydrogen-bond acceptors (Lipinski definition) is 2. The maximum atomic E-state index is 6.17. The Morgan fingerprint density at radius 2 is 2.05 bits per heavy atom. The minimum absolute atomic E-state index is 0.469. The van der Waals surface area contributed by atoms with E-state index in [1.165, 1.54) is 5.56 Å². The molecule has 2 rings (SSSR count). The molecular weight excluding hydrogens is 258 g/mol. The van der Waals surface area contributed by atoms with Crippen molar-refractivity contribution in [2.75, 3.05) is 0 Å². The van der Waals surface area contributed by atoms with Crippen LogP contribution in [-0.2, 0) is 6.54 Å². The molecular formula is C15H20ClN3. The number of aryl methyl sites for hydroxylation is 1. The largest absolute Gasteiger partial charge is 0.310 e. The lowest BCUT2D eigenvalue weighted by molar-refractivity contribution is 0.587. The van der Waals surface area contributed by atoms with E-state index in [9.17, 15) is 0 Å². The van der Waals surface area contributed by atoms with E-state index in [-0.39, 0.29) is 0 Å². The Kier molecular flexibility index (Phi) is 4.27. The molecule has 0 aliphatic carbocycles. The Morgan fingerprint density at radius 1 is 1.32 bits per heavy atom. The highest BCUT2D eigenvalue weighted by atomic mass is 35.5. The molecule has 2 aromatic rings. The number of benzene rings is 1. The number of rotatable bonds is 4. The van der Waals surface area contributed by atoms with Gasteiger partial charge in [-0.05, 0) is 31.5 Å². The summed E-state index contributed by atoms with van der Waals surface area (Å²) < 4.78 is 1.93. The summed E-state index contributed by atoms with van der Waals surface area (Å²) in [6, 6.07) is 6.49. The quantitative estimate of drug-likeness (QED) is 0.925. The van der Waals surface area contributed by atoms with E-state index in [4.69, 9.17) is 11.6 Å². The van der Waals surface area contributed by atoms with E-state index in [2.05, 4.69) is 31.2 Å². The third kappa shape index (κ3) is 3.17. The van der Waals surface area contributed by atoms with Crippen LogP contribution in [0.2, 0.25) is 5.02 Å². The van der Waals surface area contributed by atoms with Gasteiger partial charge in [0.1, 0.15) is 0 Å². The molecule has 1 aromatic carbocycles. The summed E-state index contributed by atoms with van der Waals surface area (Å²) in [6.07, 6.45) is 1.92. The molecule has 1 heterocycles. The molecule has 102 valence electrons. The Morgan fingerprint density at radius 3 is 2.68 bits per heavy atom. The number of hydrogen-bond donors (Lipinski definition) is 1. The number of nitrogens with zero attached hydrogens (tertiary/aromatic N) is 2. The molecule has 0 aliphatic heterocycles. The van der Waals surface area contributed by atoms with Gasteiger partial charge in [-0.25, -0.2) is 4.68 Å².